The molecular formula is C6H9N5O3S. The Labute approximate surface area is 85.6 Å². The predicted molar refractivity (Wildman–Crippen MR) is 48.7 cm³/mol. The number of H-pyrrole nitrogens is 1. The molecule has 9 heteroatoms. The van der Waals surface area contributed by atoms with E-state index in [-0.39, 0.29) is 30.4 Å². The van der Waals surface area contributed by atoms with Gasteiger partial charge >= 0.3 is 0 Å². The van der Waals surface area contributed by atoms with Gasteiger partial charge in [-0.3, -0.25) is 4.79 Å². The van der Waals surface area contributed by atoms with E-state index in [1.807, 2.05) is 0 Å². The average molecular weight is 231 g/mol. The molecular weight excluding hydrogens is 222 g/mol. The largest absolute Gasteiger partial charge is 0.334 e. The van der Waals surface area contributed by atoms with Gasteiger partial charge in [-0.05, 0) is 5.21 Å². The van der Waals surface area contributed by atoms with E-state index in [1.165, 1.54) is 4.90 Å². The van der Waals surface area contributed by atoms with E-state index >= 15 is 0 Å². The van der Waals surface area contributed by atoms with Gasteiger partial charge in [0.1, 0.15) is 0 Å². The first-order chi connectivity index (χ1) is 7.08. The van der Waals surface area contributed by atoms with Crippen molar-refractivity contribution in [2.45, 2.75) is 0 Å². The predicted octanol–water partition coefficient (Wildman–Crippen LogP) is -1.93. The minimum absolute atomic E-state index is 0.00338. The van der Waals surface area contributed by atoms with Gasteiger partial charge in [-0.15, -0.1) is 10.2 Å². The molecule has 1 N–H and O–H groups in total. The van der Waals surface area contributed by atoms with Gasteiger partial charge in [-0.25, -0.2) is 8.42 Å². The van der Waals surface area contributed by atoms with E-state index in [0.29, 0.717) is 0 Å². The maximum atomic E-state index is 11.6. The van der Waals surface area contributed by atoms with E-state index < -0.39 is 15.7 Å². The van der Waals surface area contributed by atoms with Crippen LogP contribution in [0.3, 0.4) is 0 Å². The van der Waals surface area contributed by atoms with Gasteiger partial charge in [-0.2, -0.15) is 5.21 Å². The highest BCUT2D eigenvalue weighted by Crippen LogP contribution is 2.06. The quantitative estimate of drug-likeness (QED) is 0.603. The lowest BCUT2D eigenvalue weighted by Gasteiger charge is -2.25. The van der Waals surface area contributed by atoms with Crippen LogP contribution >= 0.6 is 0 Å². The first-order valence-electron chi connectivity index (χ1n) is 4.32. The van der Waals surface area contributed by atoms with E-state index in [4.69, 9.17) is 0 Å². The van der Waals surface area contributed by atoms with Crippen molar-refractivity contribution < 1.29 is 13.2 Å². The lowest BCUT2D eigenvalue weighted by Crippen LogP contribution is -2.44. The number of carbonyl (C=O) groups excluding carboxylic acids is 1. The summed E-state index contributed by atoms with van der Waals surface area (Å²) in [5.74, 6) is -0.430. The van der Waals surface area contributed by atoms with Crippen molar-refractivity contribution in [2.24, 2.45) is 0 Å². The molecule has 2 heterocycles. The van der Waals surface area contributed by atoms with Gasteiger partial charge in [0.2, 0.25) is 0 Å². The van der Waals surface area contributed by atoms with Crippen LogP contribution in [0.2, 0.25) is 0 Å². The summed E-state index contributed by atoms with van der Waals surface area (Å²) in [7, 11) is -2.98. The van der Waals surface area contributed by atoms with E-state index in [1.54, 1.807) is 0 Å². The Morgan fingerprint density at radius 2 is 2.00 bits per heavy atom. The van der Waals surface area contributed by atoms with Crippen LogP contribution in [0.15, 0.2) is 0 Å². The third-order valence-corrected chi connectivity index (χ3v) is 3.78. The fraction of sp³-hybridized carbons (Fsp3) is 0.667. The molecule has 1 amide bonds. The lowest BCUT2D eigenvalue weighted by atomic mass is 10.4. The Morgan fingerprint density at radius 1 is 1.33 bits per heavy atom. The minimum Gasteiger partial charge on any atom is -0.334 e. The van der Waals surface area contributed by atoms with Crippen LogP contribution in [0, 0.1) is 0 Å². The minimum atomic E-state index is -2.98. The molecule has 1 aliphatic heterocycles. The first-order valence-corrected chi connectivity index (χ1v) is 6.14. The smallest absolute Gasteiger partial charge is 0.295 e. The maximum Gasteiger partial charge on any atom is 0.295 e. The molecule has 0 spiro atoms. The molecule has 0 unspecified atom stereocenters. The Balaban J connectivity index is 2.06. The van der Waals surface area contributed by atoms with E-state index in [9.17, 15) is 13.2 Å². The number of nitrogens with zero attached hydrogens (tertiary/aromatic N) is 4. The molecule has 8 nitrogen and oxygen atoms in total. The number of nitrogens with one attached hydrogen (secondary N) is 1. The molecule has 0 atom stereocenters. The van der Waals surface area contributed by atoms with Crippen LogP contribution in [0.5, 0.6) is 0 Å². The average Bonchev–Trinajstić information content (AvgIpc) is 2.69. The van der Waals surface area contributed by atoms with Crippen molar-refractivity contribution >= 4 is 15.7 Å². The maximum absolute atomic E-state index is 11.6. The number of hydrogen-bond donors (Lipinski definition) is 1. The van der Waals surface area contributed by atoms with Crippen LogP contribution < -0.4 is 0 Å². The number of amides is 1. The molecule has 2 rings (SSSR count). The van der Waals surface area contributed by atoms with Crippen LogP contribution in [-0.2, 0) is 9.84 Å². The highest BCUT2D eigenvalue weighted by molar-refractivity contribution is 7.91. The highest BCUT2D eigenvalue weighted by atomic mass is 32.2. The molecule has 15 heavy (non-hydrogen) atoms. The molecule has 0 bridgehead atoms. The third kappa shape index (κ3) is 2.12. The summed E-state index contributed by atoms with van der Waals surface area (Å²) in [6.07, 6.45) is 0. The molecule has 82 valence electrons. The first kappa shape index (κ1) is 10.0. The van der Waals surface area contributed by atoms with Crippen LogP contribution in [0.25, 0.3) is 0 Å². The molecule has 0 saturated carbocycles. The standard InChI is InChI=1S/C6H9N5O3S/c12-6(5-7-9-10-8-5)11-1-3-15(13,14)4-2-11/h1-4H2,(H,7,8,9,10). The van der Waals surface area contributed by atoms with Crippen molar-refractivity contribution in [1.29, 1.82) is 0 Å². The topological polar surface area (TPSA) is 109 Å². The number of rotatable bonds is 1. The van der Waals surface area contributed by atoms with E-state index in [0.717, 1.165) is 0 Å². The molecule has 1 aromatic heterocycles. The number of tetrazole rings is 1. The number of carbonyl (C=O) groups is 1. The summed E-state index contributed by atoms with van der Waals surface area (Å²) in [5.41, 5.74) is 0. The number of aromatic amines is 1. The second-order valence-electron chi connectivity index (χ2n) is 3.18. The molecule has 0 aromatic carbocycles. The lowest BCUT2D eigenvalue weighted by molar-refractivity contribution is 0.0758. The van der Waals surface area contributed by atoms with Gasteiger partial charge in [-0.1, -0.05) is 0 Å². The zero-order chi connectivity index (χ0) is 10.9. The van der Waals surface area contributed by atoms with Crippen molar-refractivity contribution in [1.82, 2.24) is 25.5 Å². The van der Waals surface area contributed by atoms with Gasteiger partial charge in [0.25, 0.3) is 11.7 Å². The third-order valence-electron chi connectivity index (χ3n) is 2.17. The summed E-state index contributed by atoms with van der Waals surface area (Å²) >= 11 is 0. The van der Waals surface area contributed by atoms with Crippen molar-refractivity contribution in [2.75, 3.05) is 24.6 Å². The summed E-state index contributed by atoms with van der Waals surface area (Å²) in [6.45, 7) is 0.380. The zero-order valence-corrected chi connectivity index (χ0v) is 8.57. The Morgan fingerprint density at radius 3 is 2.53 bits per heavy atom. The summed E-state index contributed by atoms with van der Waals surface area (Å²) in [5, 5.41) is 12.5. The van der Waals surface area contributed by atoms with Gasteiger partial charge in [0.05, 0.1) is 11.5 Å². The fourth-order valence-corrected chi connectivity index (χ4v) is 2.51. The van der Waals surface area contributed by atoms with Crippen LogP contribution in [0.4, 0.5) is 0 Å². The van der Waals surface area contributed by atoms with Crippen LogP contribution in [-0.4, -0.2) is 64.4 Å². The van der Waals surface area contributed by atoms with Gasteiger partial charge in [0, 0.05) is 13.1 Å². The number of aromatic nitrogens is 4. The molecule has 0 radical (unpaired) electrons. The van der Waals surface area contributed by atoms with E-state index in [2.05, 4.69) is 20.6 Å². The highest BCUT2D eigenvalue weighted by Gasteiger charge is 2.27. The SMILES string of the molecule is O=C(c1nn[nH]n1)N1CCS(=O)(=O)CC1. The summed E-state index contributed by atoms with van der Waals surface area (Å²) < 4.78 is 22.2. The summed E-state index contributed by atoms with van der Waals surface area (Å²) in [6, 6.07) is 0. The summed E-state index contributed by atoms with van der Waals surface area (Å²) in [4.78, 5) is 13.0. The zero-order valence-electron chi connectivity index (χ0n) is 7.75. The van der Waals surface area contributed by atoms with Crippen LogP contribution in [0.1, 0.15) is 10.6 Å². The molecule has 1 aromatic rings. The molecule has 1 saturated heterocycles. The number of hydrogen-bond acceptors (Lipinski definition) is 6. The second kappa shape index (κ2) is 3.57. The fourth-order valence-electron chi connectivity index (χ4n) is 1.31. The van der Waals surface area contributed by atoms with Gasteiger partial charge in [0.15, 0.2) is 9.84 Å². The Bertz CT molecular complexity index is 439. The monoisotopic (exact) mass is 231 g/mol. The van der Waals surface area contributed by atoms with Crippen molar-refractivity contribution in [3.8, 4) is 0 Å². The Kier molecular flexibility index (Phi) is 2.39. The molecule has 0 aliphatic carbocycles. The Hall–Kier alpha value is -1.51. The van der Waals surface area contributed by atoms with Crippen molar-refractivity contribution in [3.05, 3.63) is 5.82 Å². The van der Waals surface area contributed by atoms with Gasteiger partial charge < -0.3 is 4.90 Å². The number of sulfone groups is 1. The van der Waals surface area contributed by atoms with Crippen molar-refractivity contribution in [3.63, 3.8) is 0 Å². The molecule has 1 fully saturated rings. The normalized spacial score (nSPS) is 20.1. The second-order valence-corrected chi connectivity index (χ2v) is 5.48. The molecule has 1 aliphatic rings.